The van der Waals surface area contributed by atoms with Crippen LogP contribution >= 0.6 is 0 Å². The van der Waals surface area contributed by atoms with Crippen LogP contribution in [-0.4, -0.2) is 12.6 Å². The molecular weight excluding hydrogens is 230 g/mol. The van der Waals surface area contributed by atoms with Gasteiger partial charge in [0.15, 0.2) is 0 Å². The van der Waals surface area contributed by atoms with E-state index in [2.05, 4.69) is 39.9 Å². The van der Waals surface area contributed by atoms with Gasteiger partial charge in [0, 0.05) is 12.6 Å². The summed E-state index contributed by atoms with van der Waals surface area (Å²) in [6.07, 6.45) is 12.4. The first-order chi connectivity index (χ1) is 8.85. The highest BCUT2D eigenvalue weighted by atomic mass is 14.9. The molecule has 1 fully saturated rings. The van der Waals surface area contributed by atoms with Crippen LogP contribution in [0.1, 0.15) is 92.4 Å². The Morgan fingerprint density at radius 2 is 1.84 bits per heavy atom. The fraction of sp³-hybridized carbons (Fsp3) is 1.00. The molecule has 1 aliphatic carbocycles. The molecule has 1 nitrogen and oxygen atoms in total. The first-order valence-corrected chi connectivity index (χ1v) is 8.58. The third-order valence-corrected chi connectivity index (χ3v) is 4.90. The van der Waals surface area contributed by atoms with Gasteiger partial charge in [0.05, 0.1) is 0 Å². The van der Waals surface area contributed by atoms with E-state index in [4.69, 9.17) is 0 Å². The topological polar surface area (TPSA) is 12.0 Å². The lowest BCUT2D eigenvalue weighted by Crippen LogP contribution is -2.37. The van der Waals surface area contributed by atoms with E-state index in [0.29, 0.717) is 10.8 Å². The molecule has 19 heavy (non-hydrogen) atoms. The fourth-order valence-electron chi connectivity index (χ4n) is 3.23. The van der Waals surface area contributed by atoms with Crippen LogP contribution in [0.4, 0.5) is 0 Å². The van der Waals surface area contributed by atoms with Crippen molar-refractivity contribution in [3.8, 4) is 0 Å². The Morgan fingerprint density at radius 3 is 2.53 bits per heavy atom. The third kappa shape index (κ3) is 7.34. The third-order valence-electron chi connectivity index (χ3n) is 4.90. The van der Waals surface area contributed by atoms with Crippen LogP contribution in [0.2, 0.25) is 0 Å². The average molecular weight is 268 g/mol. The minimum atomic E-state index is 0.469. The second-order valence-corrected chi connectivity index (χ2v) is 8.29. The summed E-state index contributed by atoms with van der Waals surface area (Å²) < 4.78 is 0. The molecule has 0 saturated heterocycles. The van der Waals surface area contributed by atoms with Gasteiger partial charge in [-0.2, -0.15) is 0 Å². The standard InChI is InChI=1S/C18H37N/c1-6-7-8-12-18(4,5)15-19-16-10-9-13-17(2,3)14-11-16/h16,19H,6-15H2,1-5H3. The lowest BCUT2D eigenvalue weighted by atomic mass is 9.85. The highest BCUT2D eigenvalue weighted by Crippen LogP contribution is 2.34. The molecule has 0 heterocycles. The van der Waals surface area contributed by atoms with Gasteiger partial charge in [-0.1, -0.05) is 60.3 Å². The number of hydrogen-bond donors (Lipinski definition) is 1. The SMILES string of the molecule is CCCCCC(C)(C)CNC1CCCC(C)(C)CC1. The number of rotatable bonds is 7. The quantitative estimate of drug-likeness (QED) is 0.471. The molecule has 1 unspecified atom stereocenters. The zero-order valence-electron chi connectivity index (χ0n) is 14.1. The van der Waals surface area contributed by atoms with Gasteiger partial charge in [0.25, 0.3) is 0 Å². The summed E-state index contributed by atoms with van der Waals surface area (Å²) in [4.78, 5) is 0. The van der Waals surface area contributed by atoms with Gasteiger partial charge in [-0.15, -0.1) is 0 Å². The van der Waals surface area contributed by atoms with Crippen LogP contribution < -0.4 is 5.32 Å². The van der Waals surface area contributed by atoms with E-state index in [1.807, 2.05) is 0 Å². The normalized spacial score (nSPS) is 24.2. The van der Waals surface area contributed by atoms with Gasteiger partial charge in [-0.05, 0) is 42.9 Å². The first-order valence-electron chi connectivity index (χ1n) is 8.58. The van der Waals surface area contributed by atoms with Crippen molar-refractivity contribution in [1.29, 1.82) is 0 Å². The van der Waals surface area contributed by atoms with Gasteiger partial charge >= 0.3 is 0 Å². The second kappa shape index (κ2) is 7.67. The maximum Gasteiger partial charge on any atom is 0.00674 e. The van der Waals surface area contributed by atoms with Gasteiger partial charge in [-0.3, -0.25) is 0 Å². The van der Waals surface area contributed by atoms with Crippen molar-refractivity contribution in [2.45, 2.75) is 98.4 Å². The molecule has 1 atom stereocenters. The Balaban J connectivity index is 2.27. The van der Waals surface area contributed by atoms with Gasteiger partial charge in [-0.25, -0.2) is 0 Å². The summed E-state index contributed by atoms with van der Waals surface area (Å²) in [5, 5.41) is 3.87. The zero-order chi connectivity index (χ0) is 14.4. The molecule has 0 aromatic carbocycles. The molecule has 1 heteroatoms. The minimum Gasteiger partial charge on any atom is -0.313 e. The van der Waals surface area contributed by atoms with E-state index >= 15 is 0 Å². The van der Waals surface area contributed by atoms with Crippen molar-refractivity contribution in [3.63, 3.8) is 0 Å². The van der Waals surface area contributed by atoms with Crippen molar-refractivity contribution in [2.75, 3.05) is 6.54 Å². The predicted molar refractivity (Wildman–Crippen MR) is 86.6 cm³/mol. The molecule has 0 aliphatic heterocycles. The van der Waals surface area contributed by atoms with Gasteiger partial charge in [0.2, 0.25) is 0 Å². The molecule has 0 bridgehead atoms. The Morgan fingerprint density at radius 1 is 1.11 bits per heavy atom. The number of hydrogen-bond acceptors (Lipinski definition) is 1. The van der Waals surface area contributed by atoms with Crippen molar-refractivity contribution in [2.24, 2.45) is 10.8 Å². The zero-order valence-corrected chi connectivity index (χ0v) is 14.1. The predicted octanol–water partition coefficient (Wildman–Crippen LogP) is 5.54. The maximum atomic E-state index is 3.87. The lowest BCUT2D eigenvalue weighted by molar-refractivity contribution is 0.273. The molecular formula is C18H37N. The van der Waals surface area contributed by atoms with Crippen LogP contribution in [0, 0.1) is 10.8 Å². The Bertz CT molecular complexity index is 242. The van der Waals surface area contributed by atoms with Gasteiger partial charge in [0.1, 0.15) is 0 Å². The average Bonchev–Trinajstić information content (AvgIpc) is 2.48. The van der Waals surface area contributed by atoms with Crippen LogP contribution in [0.3, 0.4) is 0 Å². The molecule has 0 spiro atoms. The van der Waals surface area contributed by atoms with Crippen molar-refractivity contribution in [1.82, 2.24) is 5.32 Å². The highest BCUT2D eigenvalue weighted by molar-refractivity contribution is 4.81. The smallest absolute Gasteiger partial charge is 0.00674 e. The monoisotopic (exact) mass is 267 g/mol. The molecule has 0 amide bonds. The molecule has 0 aromatic rings. The molecule has 1 saturated carbocycles. The summed E-state index contributed by atoms with van der Waals surface area (Å²) in [6.45, 7) is 13.2. The van der Waals surface area contributed by atoms with Crippen LogP contribution in [-0.2, 0) is 0 Å². The van der Waals surface area contributed by atoms with E-state index in [0.717, 1.165) is 6.04 Å². The van der Waals surface area contributed by atoms with E-state index < -0.39 is 0 Å². The second-order valence-electron chi connectivity index (χ2n) is 8.29. The summed E-state index contributed by atoms with van der Waals surface area (Å²) in [5.74, 6) is 0. The summed E-state index contributed by atoms with van der Waals surface area (Å²) in [6, 6.07) is 0.771. The summed E-state index contributed by atoms with van der Waals surface area (Å²) in [5.41, 5.74) is 1.05. The fourth-order valence-corrected chi connectivity index (χ4v) is 3.23. The van der Waals surface area contributed by atoms with Crippen molar-refractivity contribution >= 4 is 0 Å². The van der Waals surface area contributed by atoms with Crippen LogP contribution in [0.5, 0.6) is 0 Å². The molecule has 0 radical (unpaired) electrons. The van der Waals surface area contributed by atoms with E-state index in [-0.39, 0.29) is 0 Å². The maximum absolute atomic E-state index is 3.87. The largest absolute Gasteiger partial charge is 0.313 e. The Kier molecular flexibility index (Phi) is 6.86. The van der Waals surface area contributed by atoms with E-state index in [9.17, 15) is 0 Å². The molecule has 114 valence electrons. The molecule has 1 aliphatic rings. The summed E-state index contributed by atoms with van der Waals surface area (Å²) >= 11 is 0. The minimum absolute atomic E-state index is 0.469. The van der Waals surface area contributed by atoms with E-state index in [1.165, 1.54) is 64.3 Å². The Hall–Kier alpha value is -0.0400. The Labute approximate surface area is 121 Å². The molecule has 0 aromatic heterocycles. The number of unbranched alkanes of at least 4 members (excludes halogenated alkanes) is 2. The molecule has 1 rings (SSSR count). The van der Waals surface area contributed by atoms with Crippen molar-refractivity contribution in [3.05, 3.63) is 0 Å². The summed E-state index contributed by atoms with van der Waals surface area (Å²) in [7, 11) is 0. The van der Waals surface area contributed by atoms with E-state index in [1.54, 1.807) is 0 Å². The van der Waals surface area contributed by atoms with Crippen LogP contribution in [0.15, 0.2) is 0 Å². The number of nitrogens with one attached hydrogen (secondary N) is 1. The highest BCUT2D eigenvalue weighted by Gasteiger charge is 2.25. The first kappa shape index (κ1) is 17.0. The lowest BCUT2D eigenvalue weighted by Gasteiger charge is -2.28. The van der Waals surface area contributed by atoms with Crippen molar-refractivity contribution < 1.29 is 0 Å². The van der Waals surface area contributed by atoms with Crippen LogP contribution in [0.25, 0.3) is 0 Å². The molecule has 1 N–H and O–H groups in total. The van der Waals surface area contributed by atoms with Gasteiger partial charge < -0.3 is 5.32 Å².